The molecular weight excluding hydrogens is 314 g/mol. The first-order valence-electron chi connectivity index (χ1n) is 8.15. The van der Waals surface area contributed by atoms with Gasteiger partial charge in [0.05, 0.1) is 15.9 Å². The zero-order valence-electron chi connectivity index (χ0n) is 12.7. The molecule has 0 bridgehead atoms. The van der Waals surface area contributed by atoms with Gasteiger partial charge >= 0.3 is 0 Å². The number of aryl methyl sites for hydroxylation is 2. The van der Waals surface area contributed by atoms with Crippen LogP contribution in [0.1, 0.15) is 57.3 Å². The lowest BCUT2D eigenvalue weighted by atomic mass is 9.66. The summed E-state index contributed by atoms with van der Waals surface area (Å²) in [6, 6.07) is 0.818. The van der Waals surface area contributed by atoms with Crippen LogP contribution in [0.5, 0.6) is 0 Å². The minimum Gasteiger partial charge on any atom is -0.313 e. The molecule has 2 saturated carbocycles. The van der Waals surface area contributed by atoms with Crippen molar-refractivity contribution in [2.45, 2.75) is 71.4 Å². The molecule has 1 aromatic heterocycles. The molecule has 20 heavy (non-hydrogen) atoms. The lowest BCUT2D eigenvalue weighted by Crippen LogP contribution is -2.42. The molecule has 112 valence electrons. The first kappa shape index (κ1) is 14.6. The third-order valence-corrected chi connectivity index (χ3v) is 5.91. The number of rotatable bonds is 7. The van der Waals surface area contributed by atoms with E-state index in [2.05, 4.69) is 39.8 Å². The molecule has 0 atom stereocenters. The Hall–Kier alpha value is -0.350. The highest BCUT2D eigenvalue weighted by Crippen LogP contribution is 2.45. The van der Waals surface area contributed by atoms with Crippen molar-refractivity contribution < 1.29 is 0 Å². The van der Waals surface area contributed by atoms with E-state index < -0.39 is 0 Å². The summed E-state index contributed by atoms with van der Waals surface area (Å²) in [5.74, 6) is 0. The second kappa shape index (κ2) is 5.80. The van der Waals surface area contributed by atoms with Crippen LogP contribution in [-0.2, 0) is 19.4 Å². The summed E-state index contributed by atoms with van der Waals surface area (Å²) < 4.78 is 3.47. The third-order valence-electron chi connectivity index (χ3n) is 4.99. The molecule has 0 saturated heterocycles. The largest absolute Gasteiger partial charge is 0.313 e. The Labute approximate surface area is 130 Å². The minimum absolute atomic E-state index is 0.489. The second-order valence-electron chi connectivity index (χ2n) is 6.56. The molecule has 2 aliphatic carbocycles. The fourth-order valence-electron chi connectivity index (χ4n) is 3.28. The van der Waals surface area contributed by atoms with Gasteiger partial charge < -0.3 is 5.32 Å². The molecular formula is C16H26BrN3. The zero-order chi connectivity index (χ0) is 14.2. The third kappa shape index (κ3) is 2.82. The quantitative estimate of drug-likeness (QED) is 0.820. The molecule has 1 heterocycles. The van der Waals surface area contributed by atoms with Crippen molar-refractivity contribution in [2.24, 2.45) is 5.41 Å². The topological polar surface area (TPSA) is 29.9 Å². The van der Waals surface area contributed by atoms with Crippen molar-refractivity contribution >= 4 is 15.9 Å². The maximum Gasteiger partial charge on any atom is 0.0766 e. The van der Waals surface area contributed by atoms with E-state index in [-0.39, 0.29) is 0 Å². The van der Waals surface area contributed by atoms with Gasteiger partial charge in [0, 0.05) is 19.1 Å². The van der Waals surface area contributed by atoms with Gasteiger partial charge in [-0.05, 0) is 66.8 Å². The molecule has 2 aliphatic rings. The van der Waals surface area contributed by atoms with Crippen molar-refractivity contribution in [3.8, 4) is 0 Å². The number of hydrogen-bond donors (Lipinski definition) is 1. The average Bonchev–Trinajstić information content (AvgIpc) is 3.18. The van der Waals surface area contributed by atoms with Gasteiger partial charge in [0.25, 0.3) is 0 Å². The van der Waals surface area contributed by atoms with E-state index in [0.29, 0.717) is 5.41 Å². The van der Waals surface area contributed by atoms with Crippen molar-refractivity contribution in [3.63, 3.8) is 0 Å². The molecule has 0 spiro atoms. The molecule has 0 unspecified atom stereocenters. The van der Waals surface area contributed by atoms with Crippen LogP contribution in [0.15, 0.2) is 4.47 Å². The molecule has 0 amide bonds. The first-order valence-corrected chi connectivity index (χ1v) is 8.94. The maximum atomic E-state index is 4.75. The molecule has 0 aromatic carbocycles. The summed E-state index contributed by atoms with van der Waals surface area (Å²) in [4.78, 5) is 0. The Morgan fingerprint density at radius 2 is 2.10 bits per heavy atom. The fraction of sp³-hybridized carbons (Fsp3) is 0.812. The summed E-state index contributed by atoms with van der Waals surface area (Å²) in [5, 5.41) is 8.50. The molecule has 1 N–H and O–H groups in total. The number of nitrogens with one attached hydrogen (secondary N) is 1. The standard InChI is InChI=1S/C16H26BrN3/c1-3-13-15(17)14(20(4-2)19-13)10-16(8-5-9-16)11-18-12-6-7-12/h12,18H,3-11H2,1-2H3. The summed E-state index contributed by atoms with van der Waals surface area (Å²) in [5.41, 5.74) is 3.12. The van der Waals surface area contributed by atoms with Gasteiger partial charge in [-0.25, -0.2) is 0 Å². The van der Waals surface area contributed by atoms with E-state index >= 15 is 0 Å². The summed E-state index contributed by atoms with van der Waals surface area (Å²) in [6.07, 6.45) is 9.08. The van der Waals surface area contributed by atoms with E-state index in [4.69, 9.17) is 5.10 Å². The molecule has 2 fully saturated rings. The number of nitrogens with zero attached hydrogens (tertiary/aromatic N) is 2. The minimum atomic E-state index is 0.489. The number of hydrogen-bond acceptors (Lipinski definition) is 2. The van der Waals surface area contributed by atoms with Crippen LogP contribution in [0.2, 0.25) is 0 Å². The summed E-state index contributed by atoms with van der Waals surface area (Å²) in [7, 11) is 0. The SMILES string of the molecule is CCc1nn(CC)c(CC2(CNC3CC3)CCC2)c1Br. The van der Waals surface area contributed by atoms with Gasteiger partial charge in [0.1, 0.15) is 0 Å². The van der Waals surface area contributed by atoms with Crippen LogP contribution in [0.25, 0.3) is 0 Å². The maximum absolute atomic E-state index is 4.75. The van der Waals surface area contributed by atoms with Gasteiger partial charge in [0.2, 0.25) is 0 Å². The predicted molar refractivity (Wildman–Crippen MR) is 86.0 cm³/mol. The van der Waals surface area contributed by atoms with E-state index in [1.165, 1.54) is 60.9 Å². The fourth-order valence-corrected chi connectivity index (χ4v) is 3.99. The van der Waals surface area contributed by atoms with E-state index in [9.17, 15) is 0 Å². The van der Waals surface area contributed by atoms with E-state index in [1.54, 1.807) is 0 Å². The molecule has 4 heteroatoms. The Balaban J connectivity index is 1.75. The van der Waals surface area contributed by atoms with Crippen molar-refractivity contribution in [2.75, 3.05) is 6.54 Å². The van der Waals surface area contributed by atoms with Crippen LogP contribution in [0, 0.1) is 5.41 Å². The molecule has 0 radical (unpaired) electrons. The zero-order valence-corrected chi connectivity index (χ0v) is 14.3. The van der Waals surface area contributed by atoms with Crippen LogP contribution < -0.4 is 5.32 Å². The Morgan fingerprint density at radius 3 is 2.60 bits per heavy atom. The van der Waals surface area contributed by atoms with Crippen molar-refractivity contribution in [1.82, 2.24) is 15.1 Å². The monoisotopic (exact) mass is 339 g/mol. The molecule has 0 aliphatic heterocycles. The summed E-state index contributed by atoms with van der Waals surface area (Å²) >= 11 is 3.80. The Morgan fingerprint density at radius 1 is 1.35 bits per heavy atom. The molecule has 3 nitrogen and oxygen atoms in total. The van der Waals surface area contributed by atoms with Crippen LogP contribution in [-0.4, -0.2) is 22.4 Å². The lowest BCUT2D eigenvalue weighted by Gasteiger charge is -2.42. The normalized spacial score (nSPS) is 20.9. The molecule has 1 aromatic rings. The predicted octanol–water partition coefficient (Wildman–Crippen LogP) is 3.69. The highest BCUT2D eigenvalue weighted by atomic mass is 79.9. The Kier molecular flexibility index (Phi) is 4.23. The second-order valence-corrected chi connectivity index (χ2v) is 7.36. The van der Waals surface area contributed by atoms with Crippen molar-refractivity contribution in [1.29, 1.82) is 0 Å². The van der Waals surface area contributed by atoms with Gasteiger partial charge in [-0.3, -0.25) is 4.68 Å². The highest BCUT2D eigenvalue weighted by Gasteiger charge is 2.39. The number of halogens is 1. The van der Waals surface area contributed by atoms with Crippen molar-refractivity contribution in [3.05, 3.63) is 15.9 Å². The van der Waals surface area contributed by atoms with Gasteiger partial charge in [-0.2, -0.15) is 5.10 Å². The summed E-state index contributed by atoms with van der Waals surface area (Å²) in [6.45, 7) is 6.55. The van der Waals surface area contributed by atoms with E-state index in [1.807, 2.05) is 0 Å². The smallest absolute Gasteiger partial charge is 0.0766 e. The lowest BCUT2D eigenvalue weighted by molar-refractivity contribution is 0.126. The number of aromatic nitrogens is 2. The van der Waals surface area contributed by atoms with Gasteiger partial charge in [-0.15, -0.1) is 0 Å². The van der Waals surface area contributed by atoms with Crippen LogP contribution in [0.4, 0.5) is 0 Å². The van der Waals surface area contributed by atoms with Gasteiger partial charge in [0.15, 0.2) is 0 Å². The highest BCUT2D eigenvalue weighted by molar-refractivity contribution is 9.10. The molecule has 3 rings (SSSR count). The Bertz CT molecular complexity index is 472. The van der Waals surface area contributed by atoms with Crippen LogP contribution in [0.3, 0.4) is 0 Å². The average molecular weight is 340 g/mol. The van der Waals surface area contributed by atoms with Gasteiger partial charge in [-0.1, -0.05) is 13.3 Å². The first-order chi connectivity index (χ1) is 9.67. The van der Waals surface area contributed by atoms with Crippen LogP contribution >= 0.6 is 15.9 Å². The van der Waals surface area contributed by atoms with E-state index in [0.717, 1.165) is 19.0 Å².